The number of furan rings is 1. The van der Waals surface area contributed by atoms with Gasteiger partial charge in [-0.15, -0.1) is 0 Å². The first-order valence-electron chi connectivity index (χ1n) is 3.61. The lowest BCUT2D eigenvalue weighted by molar-refractivity contribution is 0.0801. The van der Waals surface area contributed by atoms with Gasteiger partial charge in [-0.1, -0.05) is 0 Å². The lowest BCUT2D eigenvalue weighted by atomic mass is 10.2. The van der Waals surface area contributed by atoms with E-state index in [4.69, 9.17) is 0 Å². The Balaban J connectivity index is 3.01. The van der Waals surface area contributed by atoms with Crippen molar-refractivity contribution in [2.45, 2.75) is 6.43 Å². The second-order valence-corrected chi connectivity index (χ2v) is 2.70. The van der Waals surface area contributed by atoms with E-state index < -0.39 is 18.1 Å². The maximum atomic E-state index is 12.2. The number of rotatable bonds is 2. The fourth-order valence-electron chi connectivity index (χ4n) is 0.908. The molecule has 1 aromatic rings. The zero-order chi connectivity index (χ0) is 10.0. The molecule has 5 heteroatoms. The van der Waals surface area contributed by atoms with E-state index in [1.54, 1.807) is 0 Å². The van der Waals surface area contributed by atoms with Gasteiger partial charge >= 0.3 is 0 Å². The second-order valence-electron chi connectivity index (χ2n) is 2.70. The smallest absolute Gasteiger partial charge is 0.296 e. The van der Waals surface area contributed by atoms with Crippen molar-refractivity contribution >= 4 is 5.91 Å². The van der Waals surface area contributed by atoms with Crippen molar-refractivity contribution < 1.29 is 18.0 Å². The molecular formula is C8H9F2NO2. The van der Waals surface area contributed by atoms with Crippen LogP contribution in [-0.4, -0.2) is 24.9 Å². The fourth-order valence-corrected chi connectivity index (χ4v) is 0.908. The number of alkyl halides is 2. The molecule has 0 saturated carbocycles. The quantitative estimate of drug-likeness (QED) is 0.712. The van der Waals surface area contributed by atoms with Gasteiger partial charge in [0.2, 0.25) is 0 Å². The maximum absolute atomic E-state index is 12.2. The van der Waals surface area contributed by atoms with Crippen LogP contribution < -0.4 is 0 Å². The van der Waals surface area contributed by atoms with Gasteiger partial charge in [-0.3, -0.25) is 4.79 Å². The minimum atomic E-state index is -2.76. The Morgan fingerprint density at radius 3 is 2.62 bits per heavy atom. The Kier molecular flexibility index (Phi) is 2.65. The zero-order valence-electron chi connectivity index (χ0n) is 7.25. The molecule has 1 aromatic heterocycles. The Bertz CT molecular complexity index is 307. The van der Waals surface area contributed by atoms with Crippen LogP contribution in [0.4, 0.5) is 8.78 Å². The van der Waals surface area contributed by atoms with Crippen LogP contribution in [0, 0.1) is 0 Å². The van der Waals surface area contributed by atoms with E-state index >= 15 is 0 Å². The zero-order valence-corrected chi connectivity index (χ0v) is 7.25. The predicted octanol–water partition coefficient (Wildman–Crippen LogP) is 1.92. The van der Waals surface area contributed by atoms with E-state index in [9.17, 15) is 13.6 Å². The summed E-state index contributed by atoms with van der Waals surface area (Å²) in [6.45, 7) is 0. The third-order valence-electron chi connectivity index (χ3n) is 1.53. The van der Waals surface area contributed by atoms with Crippen LogP contribution in [0.3, 0.4) is 0 Å². The van der Waals surface area contributed by atoms with Crippen molar-refractivity contribution in [2.75, 3.05) is 14.1 Å². The molecule has 0 aliphatic heterocycles. The van der Waals surface area contributed by atoms with Crippen LogP contribution in [0.25, 0.3) is 0 Å². The minimum Gasteiger partial charge on any atom is -0.462 e. The lowest BCUT2D eigenvalue weighted by Crippen LogP contribution is -2.22. The Morgan fingerprint density at radius 2 is 2.15 bits per heavy atom. The van der Waals surface area contributed by atoms with Crippen molar-refractivity contribution in [2.24, 2.45) is 0 Å². The average Bonchev–Trinajstić information content (AvgIpc) is 2.50. The van der Waals surface area contributed by atoms with Gasteiger partial charge in [0, 0.05) is 14.1 Å². The Hall–Kier alpha value is -1.39. The molecule has 72 valence electrons. The molecule has 0 aliphatic carbocycles. The predicted molar refractivity (Wildman–Crippen MR) is 41.7 cm³/mol. The first-order valence-corrected chi connectivity index (χ1v) is 3.61. The summed E-state index contributed by atoms with van der Waals surface area (Å²) in [5.41, 5.74) is -0.0833. The topological polar surface area (TPSA) is 33.5 Å². The van der Waals surface area contributed by atoms with Gasteiger partial charge in [0.15, 0.2) is 5.76 Å². The number of hydrogen-bond acceptors (Lipinski definition) is 2. The van der Waals surface area contributed by atoms with E-state index in [1.165, 1.54) is 25.1 Å². The van der Waals surface area contributed by atoms with Crippen molar-refractivity contribution in [3.8, 4) is 0 Å². The number of amides is 1. The monoisotopic (exact) mass is 189 g/mol. The van der Waals surface area contributed by atoms with Gasteiger partial charge in [0.1, 0.15) is 0 Å². The summed E-state index contributed by atoms with van der Waals surface area (Å²) in [5, 5.41) is 0. The molecule has 0 spiro atoms. The largest absolute Gasteiger partial charge is 0.462 e. The van der Waals surface area contributed by atoms with E-state index in [0.717, 1.165) is 6.26 Å². The molecule has 0 radical (unpaired) electrons. The number of halogens is 2. The lowest BCUT2D eigenvalue weighted by Gasteiger charge is -2.09. The Morgan fingerprint density at radius 1 is 1.54 bits per heavy atom. The minimum absolute atomic E-state index is 0.0833. The van der Waals surface area contributed by atoms with Crippen LogP contribution >= 0.6 is 0 Å². The number of hydrogen-bond donors (Lipinski definition) is 0. The molecule has 1 heterocycles. The second kappa shape index (κ2) is 3.55. The molecule has 0 unspecified atom stereocenters. The molecule has 0 N–H and O–H groups in total. The molecular weight excluding hydrogens is 180 g/mol. The third kappa shape index (κ3) is 1.85. The Labute approximate surface area is 73.9 Å². The summed E-state index contributed by atoms with van der Waals surface area (Å²) in [5.74, 6) is -1.05. The summed E-state index contributed by atoms with van der Waals surface area (Å²) in [4.78, 5) is 12.5. The van der Waals surface area contributed by atoms with Crippen LogP contribution in [0.2, 0.25) is 0 Å². The van der Waals surface area contributed by atoms with Crippen molar-refractivity contribution in [1.82, 2.24) is 4.90 Å². The van der Waals surface area contributed by atoms with Gasteiger partial charge in [-0.05, 0) is 6.07 Å². The standard InChI is InChI=1S/C8H9F2NO2/c1-11(2)8(12)5-3-4-13-6(5)7(9)10/h3-4,7H,1-2H3. The van der Waals surface area contributed by atoms with Crippen LogP contribution in [0.1, 0.15) is 22.5 Å². The highest BCUT2D eigenvalue weighted by molar-refractivity contribution is 5.94. The van der Waals surface area contributed by atoms with E-state index in [-0.39, 0.29) is 5.56 Å². The summed E-state index contributed by atoms with van der Waals surface area (Å²) in [6.07, 6.45) is -1.67. The molecule has 0 aliphatic rings. The number of carbonyl (C=O) groups excluding carboxylic acids is 1. The molecule has 0 fully saturated rings. The molecule has 0 aromatic carbocycles. The first-order chi connectivity index (χ1) is 6.04. The van der Waals surface area contributed by atoms with Gasteiger partial charge in [-0.2, -0.15) is 0 Å². The maximum Gasteiger partial charge on any atom is 0.296 e. The van der Waals surface area contributed by atoms with Gasteiger partial charge < -0.3 is 9.32 Å². The SMILES string of the molecule is CN(C)C(=O)c1ccoc1C(F)F. The van der Waals surface area contributed by atoms with E-state index in [2.05, 4.69) is 4.42 Å². The highest BCUT2D eigenvalue weighted by Gasteiger charge is 2.22. The van der Waals surface area contributed by atoms with E-state index in [0.29, 0.717) is 0 Å². The van der Waals surface area contributed by atoms with Crippen molar-refractivity contribution in [3.63, 3.8) is 0 Å². The fraction of sp³-hybridized carbons (Fsp3) is 0.375. The molecule has 0 saturated heterocycles. The molecule has 1 rings (SSSR count). The van der Waals surface area contributed by atoms with Crippen LogP contribution in [0.5, 0.6) is 0 Å². The van der Waals surface area contributed by atoms with Crippen molar-refractivity contribution in [3.05, 3.63) is 23.7 Å². The number of nitrogens with zero attached hydrogens (tertiary/aromatic N) is 1. The first kappa shape index (κ1) is 9.70. The van der Waals surface area contributed by atoms with Crippen LogP contribution in [0.15, 0.2) is 16.7 Å². The van der Waals surface area contributed by atoms with Gasteiger partial charge in [-0.25, -0.2) is 8.78 Å². The van der Waals surface area contributed by atoms with E-state index in [1.807, 2.05) is 0 Å². The van der Waals surface area contributed by atoms with Gasteiger partial charge in [0.05, 0.1) is 11.8 Å². The molecule has 3 nitrogen and oxygen atoms in total. The summed E-state index contributed by atoms with van der Waals surface area (Å²) >= 11 is 0. The normalized spacial score (nSPS) is 10.5. The molecule has 1 amide bonds. The summed E-state index contributed by atoms with van der Waals surface area (Å²) < 4.78 is 28.9. The number of carbonyl (C=O) groups is 1. The molecule has 0 bridgehead atoms. The van der Waals surface area contributed by atoms with Crippen LogP contribution in [-0.2, 0) is 0 Å². The van der Waals surface area contributed by atoms with Crippen molar-refractivity contribution in [1.29, 1.82) is 0 Å². The summed E-state index contributed by atoms with van der Waals surface area (Å²) in [7, 11) is 2.98. The third-order valence-corrected chi connectivity index (χ3v) is 1.53. The average molecular weight is 189 g/mol. The highest BCUT2D eigenvalue weighted by atomic mass is 19.3. The summed E-state index contributed by atoms with van der Waals surface area (Å²) in [6, 6.07) is 1.24. The highest BCUT2D eigenvalue weighted by Crippen LogP contribution is 2.24. The van der Waals surface area contributed by atoms with Gasteiger partial charge in [0.25, 0.3) is 12.3 Å². The molecule has 13 heavy (non-hydrogen) atoms. The molecule has 0 atom stereocenters.